The Morgan fingerprint density at radius 3 is 2.39 bits per heavy atom. The minimum atomic E-state index is -0.189. The van der Waals surface area contributed by atoms with Gasteiger partial charge >= 0.3 is 0 Å². The van der Waals surface area contributed by atoms with E-state index in [-0.39, 0.29) is 11.3 Å². The third-order valence-corrected chi connectivity index (χ3v) is 8.95. The summed E-state index contributed by atoms with van der Waals surface area (Å²) in [5, 5.41) is 13.7. The Morgan fingerprint density at radius 1 is 1.09 bits per heavy atom. The molecule has 5 fully saturated rings. The van der Waals surface area contributed by atoms with Crippen LogP contribution in [0.15, 0.2) is 41.9 Å². The molecule has 0 N–H and O–H groups in total. The third-order valence-electron chi connectivity index (χ3n) is 8.95. The molecule has 172 valence electrons. The van der Waals surface area contributed by atoms with Crippen LogP contribution in [0.3, 0.4) is 0 Å². The minimum absolute atomic E-state index is 0.189. The molecule has 1 aliphatic heterocycles. The van der Waals surface area contributed by atoms with Crippen LogP contribution in [0.25, 0.3) is 5.69 Å². The highest BCUT2D eigenvalue weighted by molar-refractivity contribution is 5.91. The summed E-state index contributed by atoms with van der Waals surface area (Å²) in [5.41, 5.74) is 0.767. The largest absolute Gasteiger partial charge is 0.493 e. The van der Waals surface area contributed by atoms with Crippen molar-refractivity contribution in [2.75, 3.05) is 13.2 Å². The molecule has 1 aromatic heterocycles. The maximum atomic E-state index is 9.52. The highest BCUT2D eigenvalue weighted by Crippen LogP contribution is 2.56. The number of benzene rings is 1. The molecule has 0 spiro atoms. The first-order chi connectivity index (χ1) is 16.0. The van der Waals surface area contributed by atoms with Crippen molar-refractivity contribution in [3.05, 3.63) is 36.9 Å². The fourth-order valence-electron chi connectivity index (χ4n) is 7.52. The Hall–Kier alpha value is -2.88. The zero-order valence-electron chi connectivity index (χ0n) is 19.5. The Kier molecular flexibility index (Phi) is 4.93. The van der Waals surface area contributed by atoms with E-state index in [1.165, 1.54) is 38.4 Å². The summed E-state index contributed by atoms with van der Waals surface area (Å²) >= 11 is 0. The van der Waals surface area contributed by atoms with Crippen LogP contribution in [0, 0.1) is 46.5 Å². The number of nitrogens with zero attached hydrogens (tertiary/aromatic N) is 6. The van der Waals surface area contributed by atoms with Gasteiger partial charge in [0.25, 0.3) is 0 Å². The maximum Gasteiger partial charge on any atom is 0.207 e. The molecule has 33 heavy (non-hydrogen) atoms. The van der Waals surface area contributed by atoms with Gasteiger partial charge in [0.05, 0.1) is 12.3 Å². The first-order valence-electron chi connectivity index (χ1n) is 12.3. The van der Waals surface area contributed by atoms with Gasteiger partial charge in [0.15, 0.2) is 0 Å². The van der Waals surface area contributed by atoms with Crippen LogP contribution < -0.4 is 4.74 Å². The van der Waals surface area contributed by atoms with E-state index < -0.39 is 0 Å². The summed E-state index contributed by atoms with van der Waals surface area (Å²) in [6.07, 6.45) is 12.3. The molecule has 0 amide bonds. The van der Waals surface area contributed by atoms with E-state index >= 15 is 0 Å². The highest BCUT2D eigenvalue weighted by atomic mass is 16.5. The number of hydrogen-bond acceptors (Lipinski definition) is 5. The predicted molar refractivity (Wildman–Crippen MR) is 125 cm³/mol. The van der Waals surface area contributed by atoms with Crippen LogP contribution in [0.2, 0.25) is 0 Å². The smallest absolute Gasteiger partial charge is 0.207 e. The van der Waals surface area contributed by atoms with E-state index in [0.717, 1.165) is 47.5 Å². The lowest BCUT2D eigenvalue weighted by Crippen LogP contribution is -2.57. The van der Waals surface area contributed by atoms with Gasteiger partial charge in [0, 0.05) is 23.9 Å². The molecule has 1 atom stereocenters. The van der Waals surface area contributed by atoms with Gasteiger partial charge in [0.1, 0.15) is 24.2 Å². The lowest BCUT2D eigenvalue weighted by atomic mass is 9.54. The lowest BCUT2D eigenvalue weighted by molar-refractivity contribution is -0.0440. The summed E-state index contributed by atoms with van der Waals surface area (Å²) in [5.74, 6) is 5.54. The molecular weight excluding hydrogens is 412 g/mol. The van der Waals surface area contributed by atoms with E-state index in [9.17, 15) is 5.26 Å². The summed E-state index contributed by atoms with van der Waals surface area (Å²) in [7, 11) is 0. The van der Waals surface area contributed by atoms with E-state index in [0.29, 0.717) is 12.6 Å². The van der Waals surface area contributed by atoms with Crippen molar-refractivity contribution in [3.63, 3.8) is 0 Å². The van der Waals surface area contributed by atoms with Gasteiger partial charge in [-0.05, 0) is 80.0 Å². The van der Waals surface area contributed by atoms with Crippen molar-refractivity contribution >= 4 is 5.84 Å². The topological polar surface area (TPSA) is 79.3 Å². The fourth-order valence-corrected chi connectivity index (χ4v) is 7.52. The van der Waals surface area contributed by atoms with Gasteiger partial charge in [-0.2, -0.15) is 15.4 Å². The molecule has 7 heteroatoms. The molecule has 7 rings (SSSR count). The molecule has 1 unspecified atom stereocenters. The number of aliphatic imine (C=N–C) groups is 1. The third kappa shape index (κ3) is 3.51. The quantitative estimate of drug-likeness (QED) is 0.642. The van der Waals surface area contributed by atoms with Gasteiger partial charge in [-0.3, -0.25) is 0 Å². The van der Waals surface area contributed by atoms with Gasteiger partial charge in [-0.25, -0.2) is 9.67 Å². The Balaban J connectivity index is 1.19. The number of rotatable bonds is 5. The molecule has 2 heterocycles. The molecule has 5 aliphatic rings. The fraction of sp³-hybridized carbons (Fsp3) is 0.615. The van der Waals surface area contributed by atoms with Crippen LogP contribution in [-0.4, -0.2) is 44.7 Å². The Bertz CT molecular complexity index is 1040. The van der Waals surface area contributed by atoms with E-state index in [4.69, 9.17) is 4.74 Å². The molecule has 7 nitrogen and oxygen atoms in total. The van der Waals surface area contributed by atoms with Gasteiger partial charge in [0.2, 0.25) is 6.19 Å². The predicted octanol–water partition coefficient (Wildman–Crippen LogP) is 4.31. The Morgan fingerprint density at radius 2 is 1.79 bits per heavy atom. The van der Waals surface area contributed by atoms with Crippen LogP contribution in [0.5, 0.6) is 5.75 Å². The minimum Gasteiger partial charge on any atom is -0.493 e. The number of likely N-dealkylation sites (tertiary alicyclic amines) is 1. The standard InChI is InChI=1S/C26H32N6O/c1-26(2)21(13-33-23-5-3-22(4-6-23)32-16-28-15-30-32)12-31(25(26)29-14-27)24-19-8-17-7-18(10-19)11-20(24)9-17/h3-6,15-21,24H,7-13H2,1-2H3. The molecule has 4 aliphatic carbocycles. The summed E-state index contributed by atoms with van der Waals surface area (Å²) in [4.78, 5) is 11.0. The number of hydrogen-bond donors (Lipinski definition) is 0. The van der Waals surface area contributed by atoms with Crippen molar-refractivity contribution in [3.8, 4) is 17.6 Å². The SMILES string of the molecule is CC1(C)C(=NC#N)N(C2C3CC4CC(C3)CC2C4)CC1COc1ccc(-n2cncn2)cc1. The van der Waals surface area contributed by atoms with Gasteiger partial charge in [-0.1, -0.05) is 13.8 Å². The lowest BCUT2D eigenvalue weighted by Gasteiger charge is -2.57. The average molecular weight is 445 g/mol. The number of amidine groups is 1. The number of ether oxygens (including phenoxy) is 1. The van der Waals surface area contributed by atoms with Crippen LogP contribution in [0.1, 0.15) is 46.0 Å². The van der Waals surface area contributed by atoms with Gasteiger partial charge in [-0.15, -0.1) is 0 Å². The molecular formula is C26H32N6O. The van der Waals surface area contributed by atoms with Crippen molar-refractivity contribution in [1.29, 1.82) is 5.26 Å². The zero-order chi connectivity index (χ0) is 22.6. The summed E-state index contributed by atoms with van der Waals surface area (Å²) in [6.45, 7) is 6.02. The molecule has 4 bridgehead atoms. The van der Waals surface area contributed by atoms with Crippen molar-refractivity contribution < 1.29 is 4.74 Å². The summed E-state index contributed by atoms with van der Waals surface area (Å²) in [6, 6.07) is 8.51. The zero-order valence-corrected chi connectivity index (χ0v) is 19.5. The second-order valence-corrected chi connectivity index (χ2v) is 11.2. The first kappa shape index (κ1) is 20.7. The number of nitriles is 1. The van der Waals surface area contributed by atoms with Crippen molar-refractivity contribution in [2.24, 2.45) is 40.0 Å². The van der Waals surface area contributed by atoms with Crippen LogP contribution in [-0.2, 0) is 0 Å². The molecule has 0 radical (unpaired) electrons. The summed E-state index contributed by atoms with van der Waals surface area (Å²) < 4.78 is 8.00. The monoisotopic (exact) mass is 444 g/mol. The second kappa shape index (κ2) is 7.86. The van der Waals surface area contributed by atoms with Crippen molar-refractivity contribution in [2.45, 2.75) is 52.0 Å². The van der Waals surface area contributed by atoms with Crippen molar-refractivity contribution in [1.82, 2.24) is 19.7 Å². The normalized spacial score (nSPS) is 35.2. The van der Waals surface area contributed by atoms with E-state index in [2.05, 4.69) is 40.0 Å². The second-order valence-electron chi connectivity index (χ2n) is 11.2. The molecule has 4 saturated carbocycles. The Labute approximate surface area is 195 Å². The van der Waals surface area contributed by atoms with Gasteiger partial charge < -0.3 is 9.64 Å². The van der Waals surface area contributed by atoms with Crippen LogP contribution >= 0.6 is 0 Å². The first-order valence-corrected chi connectivity index (χ1v) is 12.3. The van der Waals surface area contributed by atoms with E-state index in [1.807, 2.05) is 24.3 Å². The molecule has 2 aromatic rings. The molecule has 1 aromatic carbocycles. The van der Waals surface area contributed by atoms with E-state index in [1.54, 1.807) is 11.0 Å². The maximum absolute atomic E-state index is 9.52. The average Bonchev–Trinajstić information content (AvgIpc) is 3.40. The highest BCUT2D eigenvalue weighted by Gasteiger charge is 2.55. The molecule has 1 saturated heterocycles. The number of aromatic nitrogens is 3. The van der Waals surface area contributed by atoms with Crippen LogP contribution in [0.4, 0.5) is 0 Å².